The van der Waals surface area contributed by atoms with Crippen LogP contribution in [-0.4, -0.2) is 26.3 Å². The van der Waals surface area contributed by atoms with Crippen LogP contribution in [0.1, 0.15) is 52.4 Å². The molecule has 2 atom stereocenters. The van der Waals surface area contributed by atoms with Crippen molar-refractivity contribution in [3.05, 3.63) is 0 Å². The molecule has 1 N–H and O–H groups in total. The van der Waals surface area contributed by atoms with Gasteiger partial charge in [0.15, 0.2) is 0 Å². The third kappa shape index (κ3) is 2.71. The van der Waals surface area contributed by atoms with Crippen LogP contribution in [0.4, 0.5) is 0 Å². The molecular weight excluding hydrogens is 234 g/mol. The molecule has 0 amide bonds. The Hall–Kier alpha value is -0.0800. The molecule has 2 nitrogen and oxygen atoms in total. The van der Waals surface area contributed by atoms with E-state index in [1.807, 2.05) is 0 Å². The lowest BCUT2D eigenvalue weighted by atomic mass is 9.48. The Balaban J connectivity index is 1.58. The number of methoxy groups -OCH3 is 1. The van der Waals surface area contributed by atoms with Gasteiger partial charge in [0.25, 0.3) is 0 Å². The van der Waals surface area contributed by atoms with E-state index in [4.69, 9.17) is 4.74 Å². The van der Waals surface area contributed by atoms with Gasteiger partial charge in [-0.3, -0.25) is 0 Å². The van der Waals surface area contributed by atoms with E-state index in [2.05, 4.69) is 19.2 Å². The van der Waals surface area contributed by atoms with E-state index in [0.717, 1.165) is 30.9 Å². The molecule has 0 aliphatic heterocycles. The summed E-state index contributed by atoms with van der Waals surface area (Å²) in [7, 11) is 1.80. The summed E-state index contributed by atoms with van der Waals surface area (Å²) in [5.41, 5.74) is 0.640. The zero-order valence-corrected chi connectivity index (χ0v) is 13.0. The van der Waals surface area contributed by atoms with Crippen molar-refractivity contribution in [1.29, 1.82) is 0 Å². The van der Waals surface area contributed by atoms with Gasteiger partial charge in [-0.2, -0.15) is 0 Å². The standard InChI is InChI=1S/C17H31NO/c1-12(11-19-3)10-18-13(2)17-7-14-4-15(8-17)6-16(5-14)9-17/h12-16,18H,4-11H2,1-3H3. The van der Waals surface area contributed by atoms with Crippen molar-refractivity contribution < 1.29 is 4.74 Å². The minimum Gasteiger partial charge on any atom is -0.384 e. The first-order valence-corrected chi connectivity index (χ1v) is 8.33. The topological polar surface area (TPSA) is 21.3 Å². The van der Waals surface area contributed by atoms with Crippen molar-refractivity contribution in [1.82, 2.24) is 5.32 Å². The minimum atomic E-state index is 0.626. The fraction of sp³-hybridized carbons (Fsp3) is 1.00. The van der Waals surface area contributed by atoms with Gasteiger partial charge in [-0.25, -0.2) is 0 Å². The molecule has 2 heteroatoms. The average Bonchev–Trinajstić information content (AvgIpc) is 2.34. The van der Waals surface area contributed by atoms with Crippen LogP contribution in [0, 0.1) is 29.1 Å². The van der Waals surface area contributed by atoms with E-state index in [1.165, 1.54) is 19.3 Å². The van der Waals surface area contributed by atoms with Crippen LogP contribution in [-0.2, 0) is 4.74 Å². The van der Waals surface area contributed by atoms with Gasteiger partial charge in [0, 0.05) is 26.3 Å². The lowest BCUT2D eigenvalue weighted by Crippen LogP contribution is -2.55. The summed E-state index contributed by atoms with van der Waals surface area (Å²) in [6, 6.07) is 0.695. The molecule has 4 rings (SSSR count). The highest BCUT2D eigenvalue weighted by molar-refractivity contribution is 5.05. The number of hydrogen-bond donors (Lipinski definition) is 1. The summed E-state index contributed by atoms with van der Waals surface area (Å²) in [6.45, 7) is 6.72. The summed E-state index contributed by atoms with van der Waals surface area (Å²) >= 11 is 0. The molecule has 0 saturated heterocycles. The Morgan fingerprint density at radius 2 is 1.58 bits per heavy atom. The third-order valence-corrected chi connectivity index (χ3v) is 6.23. The summed E-state index contributed by atoms with van der Waals surface area (Å²) in [6.07, 6.45) is 9.16. The second-order valence-electron chi connectivity index (χ2n) is 7.97. The molecule has 4 bridgehead atoms. The van der Waals surface area contributed by atoms with Crippen molar-refractivity contribution in [3.8, 4) is 0 Å². The van der Waals surface area contributed by atoms with Crippen LogP contribution >= 0.6 is 0 Å². The van der Waals surface area contributed by atoms with Crippen LogP contribution in [0.15, 0.2) is 0 Å². The van der Waals surface area contributed by atoms with Crippen molar-refractivity contribution in [3.63, 3.8) is 0 Å². The predicted molar refractivity (Wildman–Crippen MR) is 79.1 cm³/mol. The molecule has 4 aliphatic rings. The maximum atomic E-state index is 5.25. The molecule has 4 aliphatic carbocycles. The van der Waals surface area contributed by atoms with Crippen LogP contribution in [0.2, 0.25) is 0 Å². The molecule has 0 heterocycles. The average molecular weight is 265 g/mol. The van der Waals surface area contributed by atoms with Crippen molar-refractivity contribution in [2.75, 3.05) is 20.3 Å². The summed E-state index contributed by atoms with van der Waals surface area (Å²) in [5.74, 6) is 3.81. The smallest absolute Gasteiger partial charge is 0.0499 e. The van der Waals surface area contributed by atoms with Gasteiger partial charge in [-0.1, -0.05) is 6.92 Å². The van der Waals surface area contributed by atoms with Gasteiger partial charge in [0.2, 0.25) is 0 Å². The first kappa shape index (κ1) is 13.9. The highest BCUT2D eigenvalue weighted by Gasteiger charge is 2.52. The maximum Gasteiger partial charge on any atom is 0.0499 e. The molecule has 19 heavy (non-hydrogen) atoms. The van der Waals surface area contributed by atoms with Gasteiger partial charge < -0.3 is 10.1 Å². The highest BCUT2D eigenvalue weighted by atomic mass is 16.5. The predicted octanol–water partition coefficient (Wildman–Crippen LogP) is 3.46. The zero-order chi connectivity index (χ0) is 13.5. The van der Waals surface area contributed by atoms with E-state index in [-0.39, 0.29) is 0 Å². The Bertz CT molecular complexity index is 279. The lowest BCUT2D eigenvalue weighted by Gasteiger charge is -2.59. The van der Waals surface area contributed by atoms with Crippen LogP contribution < -0.4 is 5.32 Å². The normalized spacial score (nSPS) is 43.4. The van der Waals surface area contributed by atoms with Crippen molar-refractivity contribution in [2.24, 2.45) is 29.1 Å². The monoisotopic (exact) mass is 265 g/mol. The fourth-order valence-electron chi connectivity index (χ4n) is 5.65. The van der Waals surface area contributed by atoms with Gasteiger partial charge in [0.1, 0.15) is 0 Å². The van der Waals surface area contributed by atoms with Crippen LogP contribution in [0.3, 0.4) is 0 Å². The first-order chi connectivity index (χ1) is 9.11. The van der Waals surface area contributed by atoms with Gasteiger partial charge in [0.05, 0.1) is 0 Å². The number of nitrogens with one attached hydrogen (secondary N) is 1. The SMILES string of the molecule is COCC(C)CNC(C)C12CC3CC(CC(C3)C1)C2. The van der Waals surface area contributed by atoms with Crippen molar-refractivity contribution >= 4 is 0 Å². The first-order valence-electron chi connectivity index (χ1n) is 8.33. The van der Waals surface area contributed by atoms with Crippen LogP contribution in [0.5, 0.6) is 0 Å². The largest absolute Gasteiger partial charge is 0.384 e. The molecule has 0 aromatic carbocycles. The van der Waals surface area contributed by atoms with E-state index in [1.54, 1.807) is 26.4 Å². The Morgan fingerprint density at radius 3 is 2.05 bits per heavy atom. The lowest BCUT2D eigenvalue weighted by molar-refractivity contribution is -0.0710. The summed E-state index contributed by atoms with van der Waals surface area (Å²) in [4.78, 5) is 0. The summed E-state index contributed by atoms with van der Waals surface area (Å²) < 4.78 is 5.25. The number of ether oxygens (including phenoxy) is 1. The molecular formula is C17H31NO. The molecule has 110 valence electrons. The zero-order valence-electron chi connectivity index (χ0n) is 13.0. The van der Waals surface area contributed by atoms with E-state index in [0.29, 0.717) is 17.4 Å². The highest BCUT2D eigenvalue weighted by Crippen LogP contribution is 2.61. The molecule has 0 radical (unpaired) electrons. The number of hydrogen-bond acceptors (Lipinski definition) is 2. The van der Waals surface area contributed by atoms with E-state index >= 15 is 0 Å². The molecule has 0 aromatic heterocycles. The van der Waals surface area contributed by atoms with Gasteiger partial charge in [-0.05, 0) is 74.5 Å². The third-order valence-electron chi connectivity index (χ3n) is 6.23. The quantitative estimate of drug-likeness (QED) is 0.794. The maximum absolute atomic E-state index is 5.25. The molecule has 0 spiro atoms. The molecule has 4 saturated carbocycles. The minimum absolute atomic E-state index is 0.626. The van der Waals surface area contributed by atoms with Crippen molar-refractivity contribution in [2.45, 2.75) is 58.4 Å². The summed E-state index contributed by atoms with van der Waals surface area (Å²) in [5, 5.41) is 3.84. The second kappa shape index (κ2) is 5.37. The molecule has 0 aromatic rings. The molecule has 4 fully saturated rings. The van der Waals surface area contributed by atoms with E-state index < -0.39 is 0 Å². The second-order valence-corrected chi connectivity index (χ2v) is 7.97. The van der Waals surface area contributed by atoms with Gasteiger partial charge >= 0.3 is 0 Å². The van der Waals surface area contributed by atoms with Crippen LogP contribution in [0.25, 0.3) is 0 Å². The van der Waals surface area contributed by atoms with E-state index in [9.17, 15) is 0 Å². The molecule has 2 unspecified atom stereocenters. The Labute approximate surface area is 118 Å². The van der Waals surface area contributed by atoms with Gasteiger partial charge in [-0.15, -0.1) is 0 Å². The Kier molecular flexibility index (Phi) is 3.92. The fourth-order valence-corrected chi connectivity index (χ4v) is 5.65. The number of rotatable bonds is 6. The Morgan fingerprint density at radius 1 is 1.05 bits per heavy atom.